The molecule has 0 aliphatic rings. The highest BCUT2D eigenvalue weighted by Gasteiger charge is 2.11. The predicted octanol–water partition coefficient (Wildman–Crippen LogP) is 2.71. The largest absolute Gasteiger partial charge is 0.465 e. The van der Waals surface area contributed by atoms with Crippen molar-refractivity contribution in [2.75, 3.05) is 19.7 Å². The zero-order valence-electron chi connectivity index (χ0n) is 11.2. The van der Waals surface area contributed by atoms with Crippen molar-refractivity contribution >= 4 is 12.0 Å². The molecule has 0 fully saturated rings. The van der Waals surface area contributed by atoms with E-state index in [2.05, 4.69) is 17.5 Å². The number of esters is 1. The van der Waals surface area contributed by atoms with Gasteiger partial charge in [0.15, 0.2) is 0 Å². The summed E-state index contributed by atoms with van der Waals surface area (Å²) < 4.78 is 4.97. The Morgan fingerprint density at radius 1 is 1.39 bits per heavy atom. The number of benzene rings is 1. The minimum absolute atomic E-state index is 0.171. The van der Waals surface area contributed by atoms with Crippen LogP contribution in [0.5, 0.6) is 0 Å². The van der Waals surface area contributed by atoms with Gasteiger partial charge in [0.05, 0.1) is 13.2 Å². The Balaban J connectivity index is 2.67. The van der Waals surface area contributed by atoms with Crippen LogP contribution >= 0.6 is 0 Å². The molecule has 1 aromatic rings. The third-order valence-corrected chi connectivity index (χ3v) is 2.77. The molecule has 1 aromatic carbocycles. The van der Waals surface area contributed by atoms with E-state index in [1.54, 1.807) is 0 Å². The van der Waals surface area contributed by atoms with Gasteiger partial charge in [-0.25, -0.2) is 0 Å². The molecule has 0 spiro atoms. The SMILES string of the molecule is C=Cc1ccccc1CN(CC)CC(=O)OCC. The first-order valence-electron chi connectivity index (χ1n) is 6.29. The summed E-state index contributed by atoms with van der Waals surface area (Å²) in [7, 11) is 0. The van der Waals surface area contributed by atoms with E-state index < -0.39 is 0 Å². The highest BCUT2D eigenvalue weighted by Crippen LogP contribution is 2.12. The second kappa shape index (κ2) is 7.67. The van der Waals surface area contributed by atoms with E-state index in [-0.39, 0.29) is 5.97 Å². The summed E-state index contributed by atoms with van der Waals surface area (Å²) >= 11 is 0. The highest BCUT2D eigenvalue weighted by molar-refractivity contribution is 5.71. The molecule has 0 atom stereocenters. The number of ether oxygens (including phenoxy) is 1. The van der Waals surface area contributed by atoms with Crippen molar-refractivity contribution in [3.05, 3.63) is 42.0 Å². The van der Waals surface area contributed by atoms with Crippen LogP contribution in [0.15, 0.2) is 30.8 Å². The number of rotatable bonds is 7. The molecule has 0 unspecified atom stereocenters. The summed E-state index contributed by atoms with van der Waals surface area (Å²) in [4.78, 5) is 13.5. The van der Waals surface area contributed by atoms with Crippen molar-refractivity contribution in [3.8, 4) is 0 Å². The summed E-state index contributed by atoms with van der Waals surface area (Å²) in [6, 6.07) is 8.08. The Morgan fingerprint density at radius 3 is 2.72 bits per heavy atom. The number of likely N-dealkylation sites (N-methyl/N-ethyl adjacent to an activating group) is 1. The molecule has 0 radical (unpaired) electrons. The maximum Gasteiger partial charge on any atom is 0.320 e. The van der Waals surface area contributed by atoms with Crippen molar-refractivity contribution in [3.63, 3.8) is 0 Å². The lowest BCUT2D eigenvalue weighted by atomic mass is 10.1. The van der Waals surface area contributed by atoms with Crippen LogP contribution in [0, 0.1) is 0 Å². The molecule has 3 heteroatoms. The molecule has 0 saturated carbocycles. The molecule has 18 heavy (non-hydrogen) atoms. The third kappa shape index (κ3) is 4.34. The van der Waals surface area contributed by atoms with E-state index in [9.17, 15) is 4.79 Å². The zero-order chi connectivity index (χ0) is 13.4. The van der Waals surface area contributed by atoms with E-state index in [4.69, 9.17) is 4.74 Å². The molecular formula is C15H21NO2. The number of hydrogen-bond donors (Lipinski definition) is 0. The van der Waals surface area contributed by atoms with Crippen LogP contribution in [0.2, 0.25) is 0 Å². The zero-order valence-corrected chi connectivity index (χ0v) is 11.2. The average Bonchev–Trinajstić information content (AvgIpc) is 2.38. The monoisotopic (exact) mass is 247 g/mol. The Bertz CT molecular complexity index is 401. The van der Waals surface area contributed by atoms with Crippen LogP contribution in [-0.4, -0.2) is 30.6 Å². The van der Waals surface area contributed by atoms with Crippen molar-refractivity contribution in [2.45, 2.75) is 20.4 Å². The van der Waals surface area contributed by atoms with Gasteiger partial charge in [-0.2, -0.15) is 0 Å². The molecule has 0 saturated heterocycles. The lowest BCUT2D eigenvalue weighted by Gasteiger charge is -2.20. The maximum atomic E-state index is 11.5. The van der Waals surface area contributed by atoms with Crippen LogP contribution in [0.1, 0.15) is 25.0 Å². The standard InChI is InChI=1S/C15H21NO2/c1-4-13-9-7-8-10-14(13)11-16(5-2)12-15(17)18-6-3/h4,7-10H,1,5-6,11-12H2,2-3H3. The summed E-state index contributed by atoms with van der Waals surface area (Å²) in [5.41, 5.74) is 2.29. The van der Waals surface area contributed by atoms with Gasteiger partial charge in [-0.15, -0.1) is 0 Å². The molecule has 0 aromatic heterocycles. The first-order chi connectivity index (χ1) is 8.71. The molecule has 1 rings (SSSR count). The fourth-order valence-electron chi connectivity index (χ4n) is 1.79. The van der Waals surface area contributed by atoms with Crippen molar-refractivity contribution in [1.29, 1.82) is 0 Å². The lowest BCUT2D eigenvalue weighted by Crippen LogP contribution is -2.30. The average molecular weight is 247 g/mol. The third-order valence-electron chi connectivity index (χ3n) is 2.77. The summed E-state index contributed by atoms with van der Waals surface area (Å²) in [5.74, 6) is -0.171. The summed E-state index contributed by atoms with van der Waals surface area (Å²) in [5, 5.41) is 0. The molecule has 3 nitrogen and oxygen atoms in total. The normalized spacial score (nSPS) is 10.4. The van der Waals surface area contributed by atoms with Gasteiger partial charge < -0.3 is 4.74 Å². The molecule has 0 aliphatic heterocycles. The smallest absolute Gasteiger partial charge is 0.320 e. The van der Waals surface area contributed by atoms with Crippen LogP contribution in [0.3, 0.4) is 0 Å². The molecule has 0 heterocycles. The molecular weight excluding hydrogens is 226 g/mol. The van der Waals surface area contributed by atoms with Crippen LogP contribution in [-0.2, 0) is 16.1 Å². The van der Waals surface area contributed by atoms with Gasteiger partial charge in [0.1, 0.15) is 0 Å². The fourth-order valence-corrected chi connectivity index (χ4v) is 1.79. The van der Waals surface area contributed by atoms with Crippen molar-refractivity contribution in [2.24, 2.45) is 0 Å². The topological polar surface area (TPSA) is 29.5 Å². The quantitative estimate of drug-likeness (QED) is 0.694. The van der Waals surface area contributed by atoms with E-state index in [1.165, 1.54) is 5.56 Å². The minimum Gasteiger partial charge on any atom is -0.465 e. The van der Waals surface area contributed by atoms with Gasteiger partial charge in [0, 0.05) is 6.54 Å². The Kier molecular flexibility index (Phi) is 6.15. The van der Waals surface area contributed by atoms with E-state index in [0.717, 1.165) is 18.7 Å². The maximum absolute atomic E-state index is 11.5. The van der Waals surface area contributed by atoms with Crippen LogP contribution in [0.4, 0.5) is 0 Å². The van der Waals surface area contributed by atoms with E-state index in [0.29, 0.717) is 13.2 Å². The predicted molar refractivity (Wildman–Crippen MR) is 74.1 cm³/mol. The second-order valence-electron chi connectivity index (χ2n) is 4.01. The Hall–Kier alpha value is -1.61. The molecule has 0 N–H and O–H groups in total. The lowest BCUT2D eigenvalue weighted by molar-refractivity contribution is -0.144. The van der Waals surface area contributed by atoms with Crippen molar-refractivity contribution < 1.29 is 9.53 Å². The number of carbonyl (C=O) groups excluding carboxylic acids is 1. The fraction of sp³-hybridized carbons (Fsp3) is 0.400. The molecule has 98 valence electrons. The summed E-state index contributed by atoms with van der Waals surface area (Å²) in [6.07, 6.45) is 1.84. The van der Waals surface area contributed by atoms with Gasteiger partial charge >= 0.3 is 5.97 Å². The van der Waals surface area contributed by atoms with Gasteiger partial charge in [-0.05, 0) is 24.6 Å². The first kappa shape index (κ1) is 14.5. The van der Waals surface area contributed by atoms with E-state index in [1.807, 2.05) is 38.1 Å². The first-order valence-corrected chi connectivity index (χ1v) is 6.29. The van der Waals surface area contributed by atoms with Crippen LogP contribution < -0.4 is 0 Å². The van der Waals surface area contributed by atoms with Gasteiger partial charge in [-0.1, -0.05) is 43.8 Å². The molecule has 0 aliphatic carbocycles. The molecule has 0 bridgehead atoms. The Labute approximate surface area is 109 Å². The van der Waals surface area contributed by atoms with E-state index >= 15 is 0 Å². The van der Waals surface area contributed by atoms with Gasteiger partial charge in [-0.3, -0.25) is 9.69 Å². The Morgan fingerprint density at radius 2 is 2.11 bits per heavy atom. The van der Waals surface area contributed by atoms with Crippen molar-refractivity contribution in [1.82, 2.24) is 4.90 Å². The highest BCUT2D eigenvalue weighted by atomic mass is 16.5. The van der Waals surface area contributed by atoms with Gasteiger partial charge in [0.2, 0.25) is 0 Å². The molecule has 0 amide bonds. The number of hydrogen-bond acceptors (Lipinski definition) is 3. The number of carbonyl (C=O) groups is 1. The second-order valence-corrected chi connectivity index (χ2v) is 4.01. The number of nitrogens with zero attached hydrogens (tertiary/aromatic N) is 1. The van der Waals surface area contributed by atoms with Crippen LogP contribution in [0.25, 0.3) is 6.08 Å². The summed E-state index contributed by atoms with van der Waals surface area (Å²) in [6.45, 7) is 9.97. The van der Waals surface area contributed by atoms with Gasteiger partial charge in [0.25, 0.3) is 0 Å². The minimum atomic E-state index is -0.171.